The lowest BCUT2D eigenvalue weighted by molar-refractivity contribution is 0.307. The molecule has 0 fully saturated rings. The average molecular weight is 374 g/mol. The molecule has 26 heavy (non-hydrogen) atoms. The van der Waals surface area contributed by atoms with Crippen molar-refractivity contribution in [2.24, 2.45) is 0 Å². The highest BCUT2D eigenvalue weighted by atomic mass is 32.2. The van der Waals surface area contributed by atoms with E-state index in [4.69, 9.17) is 9.47 Å². The van der Waals surface area contributed by atoms with Gasteiger partial charge in [-0.1, -0.05) is 6.07 Å². The van der Waals surface area contributed by atoms with Gasteiger partial charge in [-0.25, -0.2) is 8.42 Å². The van der Waals surface area contributed by atoms with E-state index in [0.29, 0.717) is 41.6 Å². The number of methoxy groups -OCH3 is 1. The maximum Gasteiger partial charge on any atom is 0.264 e. The Kier molecular flexibility index (Phi) is 3.99. The van der Waals surface area contributed by atoms with E-state index in [9.17, 15) is 8.42 Å². The number of anilines is 2. The first kappa shape index (κ1) is 17.0. The molecule has 2 heterocycles. The van der Waals surface area contributed by atoms with Crippen LogP contribution in [0, 0.1) is 13.8 Å². The molecule has 2 aromatic carbocycles. The number of aryl methyl sites for hydroxylation is 2. The average Bonchev–Trinajstić information content (AvgIpc) is 2.63. The summed E-state index contributed by atoms with van der Waals surface area (Å²) >= 11 is 0. The maximum absolute atomic E-state index is 13.5. The number of hydrogen-bond donors (Lipinski definition) is 0. The summed E-state index contributed by atoms with van der Waals surface area (Å²) in [6.07, 6.45) is 0. The van der Waals surface area contributed by atoms with Crippen LogP contribution in [0.3, 0.4) is 0 Å². The molecular formula is C19H22N2O4S. The van der Waals surface area contributed by atoms with Gasteiger partial charge < -0.3 is 14.4 Å². The molecule has 0 aliphatic carbocycles. The van der Waals surface area contributed by atoms with Crippen LogP contribution in [-0.4, -0.2) is 41.8 Å². The Hall–Kier alpha value is -2.41. The van der Waals surface area contributed by atoms with Gasteiger partial charge in [-0.05, 0) is 49.2 Å². The predicted molar refractivity (Wildman–Crippen MR) is 101 cm³/mol. The van der Waals surface area contributed by atoms with Crippen LogP contribution >= 0.6 is 0 Å². The minimum atomic E-state index is -3.68. The summed E-state index contributed by atoms with van der Waals surface area (Å²) in [4.78, 5) is 2.52. The summed E-state index contributed by atoms with van der Waals surface area (Å²) in [5, 5.41) is 0. The molecule has 0 radical (unpaired) electrons. The molecule has 2 aliphatic heterocycles. The highest BCUT2D eigenvalue weighted by Crippen LogP contribution is 2.44. The molecule has 7 heteroatoms. The monoisotopic (exact) mass is 374 g/mol. The zero-order valence-electron chi connectivity index (χ0n) is 15.2. The predicted octanol–water partition coefficient (Wildman–Crippen LogP) is 2.72. The van der Waals surface area contributed by atoms with Crippen LogP contribution in [-0.2, 0) is 10.0 Å². The summed E-state index contributed by atoms with van der Waals surface area (Å²) in [5.74, 6) is 1.44. The molecule has 0 aromatic heterocycles. The van der Waals surface area contributed by atoms with Crippen LogP contribution in [0.25, 0.3) is 0 Å². The summed E-state index contributed by atoms with van der Waals surface area (Å²) in [6.45, 7) is 6.13. The van der Waals surface area contributed by atoms with E-state index in [2.05, 4.69) is 4.90 Å². The number of para-hydroxylation sites is 1. The van der Waals surface area contributed by atoms with Gasteiger partial charge in [0.2, 0.25) is 0 Å². The van der Waals surface area contributed by atoms with Gasteiger partial charge in [0.1, 0.15) is 23.8 Å². The van der Waals surface area contributed by atoms with Crippen LogP contribution in [0.15, 0.2) is 35.2 Å². The van der Waals surface area contributed by atoms with Gasteiger partial charge >= 0.3 is 0 Å². The van der Waals surface area contributed by atoms with Crippen LogP contribution in [0.1, 0.15) is 11.1 Å². The Labute approximate surface area is 154 Å². The molecule has 0 unspecified atom stereocenters. The Balaban J connectivity index is 1.84. The molecule has 6 nitrogen and oxygen atoms in total. The third-order valence-corrected chi connectivity index (χ3v) is 6.97. The molecule has 0 saturated heterocycles. The van der Waals surface area contributed by atoms with Gasteiger partial charge in [-0.3, -0.25) is 4.31 Å². The van der Waals surface area contributed by atoms with Gasteiger partial charge in [-0.2, -0.15) is 0 Å². The fourth-order valence-corrected chi connectivity index (χ4v) is 5.47. The summed E-state index contributed by atoms with van der Waals surface area (Å²) in [7, 11) is -2.09. The Morgan fingerprint density at radius 3 is 2.65 bits per heavy atom. The maximum atomic E-state index is 13.5. The van der Waals surface area contributed by atoms with E-state index < -0.39 is 10.0 Å². The van der Waals surface area contributed by atoms with Crippen LogP contribution in [0.5, 0.6) is 11.5 Å². The first-order valence-corrected chi connectivity index (χ1v) is 10.1. The van der Waals surface area contributed by atoms with Crippen molar-refractivity contribution in [3.63, 3.8) is 0 Å². The van der Waals surface area contributed by atoms with Crippen LogP contribution < -0.4 is 18.7 Å². The molecule has 0 saturated carbocycles. The van der Waals surface area contributed by atoms with Crippen LogP contribution in [0.4, 0.5) is 11.4 Å². The van der Waals surface area contributed by atoms with Crippen molar-refractivity contribution in [2.75, 3.05) is 42.6 Å². The minimum absolute atomic E-state index is 0.318. The smallest absolute Gasteiger partial charge is 0.264 e. The standard InChI is InChI=1S/C19H22N2O4S/c1-13-12-18(14(2)11-17(13)24-3)26(22,23)21-8-7-20-9-10-25-16-6-4-5-15(21)19(16)20/h4-6,11-12H,7-10H2,1-3H3. The SMILES string of the molecule is COc1cc(C)c(S(=O)(=O)N2CCN3CCOc4cccc2c43)cc1C. The second kappa shape index (κ2) is 6.09. The summed E-state index contributed by atoms with van der Waals surface area (Å²) in [5.41, 5.74) is 3.03. The number of ether oxygens (including phenoxy) is 2. The van der Waals surface area contributed by atoms with Gasteiger partial charge in [0.05, 0.1) is 30.8 Å². The van der Waals surface area contributed by atoms with E-state index in [1.54, 1.807) is 26.2 Å². The summed E-state index contributed by atoms with van der Waals surface area (Å²) in [6, 6.07) is 9.06. The zero-order valence-corrected chi connectivity index (χ0v) is 16.0. The normalized spacial score (nSPS) is 16.1. The minimum Gasteiger partial charge on any atom is -0.496 e. The van der Waals surface area contributed by atoms with E-state index in [0.717, 1.165) is 23.5 Å². The molecule has 2 aromatic rings. The second-order valence-electron chi connectivity index (χ2n) is 6.62. The fraction of sp³-hybridized carbons (Fsp3) is 0.368. The van der Waals surface area contributed by atoms with Crippen molar-refractivity contribution in [3.8, 4) is 11.5 Å². The van der Waals surface area contributed by atoms with E-state index in [-0.39, 0.29) is 0 Å². The molecular weight excluding hydrogens is 352 g/mol. The van der Waals surface area contributed by atoms with Crippen molar-refractivity contribution in [1.82, 2.24) is 0 Å². The quantitative estimate of drug-likeness (QED) is 0.827. The molecule has 138 valence electrons. The summed E-state index contributed by atoms with van der Waals surface area (Å²) < 4.78 is 39.5. The highest BCUT2D eigenvalue weighted by Gasteiger charge is 2.36. The molecule has 0 bridgehead atoms. The van der Waals surface area contributed by atoms with Crippen molar-refractivity contribution in [1.29, 1.82) is 0 Å². The lowest BCUT2D eigenvalue weighted by Crippen LogP contribution is -2.47. The van der Waals surface area contributed by atoms with Gasteiger partial charge in [0.25, 0.3) is 10.0 Å². The Morgan fingerprint density at radius 2 is 1.88 bits per heavy atom. The number of hydrogen-bond acceptors (Lipinski definition) is 5. The topological polar surface area (TPSA) is 59.1 Å². The highest BCUT2D eigenvalue weighted by molar-refractivity contribution is 7.93. The van der Waals surface area contributed by atoms with E-state index in [1.165, 1.54) is 4.31 Å². The first-order chi connectivity index (χ1) is 12.4. The van der Waals surface area contributed by atoms with Crippen molar-refractivity contribution >= 4 is 21.4 Å². The lowest BCUT2D eigenvalue weighted by atomic mass is 10.1. The van der Waals surface area contributed by atoms with Crippen LogP contribution in [0.2, 0.25) is 0 Å². The molecule has 4 rings (SSSR count). The van der Waals surface area contributed by atoms with E-state index >= 15 is 0 Å². The second-order valence-corrected chi connectivity index (χ2v) is 8.45. The molecule has 0 N–H and O–H groups in total. The van der Waals surface area contributed by atoms with Gasteiger partial charge in [-0.15, -0.1) is 0 Å². The van der Waals surface area contributed by atoms with E-state index in [1.807, 2.05) is 25.1 Å². The van der Waals surface area contributed by atoms with Crippen molar-refractivity contribution in [3.05, 3.63) is 41.5 Å². The number of benzene rings is 2. The fourth-order valence-electron chi connectivity index (χ4n) is 3.71. The number of sulfonamides is 1. The molecule has 0 atom stereocenters. The third kappa shape index (κ3) is 2.49. The van der Waals surface area contributed by atoms with Gasteiger partial charge in [0.15, 0.2) is 0 Å². The Morgan fingerprint density at radius 1 is 1.08 bits per heavy atom. The first-order valence-electron chi connectivity index (χ1n) is 8.62. The Bertz CT molecular complexity index is 972. The lowest BCUT2D eigenvalue weighted by Gasteiger charge is -2.41. The molecule has 2 aliphatic rings. The van der Waals surface area contributed by atoms with Gasteiger partial charge in [0, 0.05) is 6.54 Å². The van der Waals surface area contributed by atoms with Crippen molar-refractivity contribution in [2.45, 2.75) is 18.7 Å². The van der Waals surface area contributed by atoms with Crippen molar-refractivity contribution < 1.29 is 17.9 Å². The molecule has 0 spiro atoms. The number of rotatable bonds is 3. The third-order valence-electron chi connectivity index (χ3n) is 5.01. The molecule has 0 amide bonds. The largest absolute Gasteiger partial charge is 0.496 e. The zero-order chi connectivity index (χ0) is 18.5. The number of nitrogens with zero attached hydrogens (tertiary/aromatic N) is 2.